The van der Waals surface area contributed by atoms with Crippen LogP contribution in [0, 0.1) is 23.0 Å². The van der Waals surface area contributed by atoms with Crippen molar-refractivity contribution in [2.45, 2.75) is 31.7 Å². The Bertz CT molecular complexity index is 564. The number of carbonyl (C=O) groups is 2. The number of ether oxygens (including phenoxy) is 1. The maximum atomic E-state index is 13.5. The largest absolute Gasteiger partial charge is 0.467 e. The highest BCUT2D eigenvalue weighted by Crippen LogP contribution is 2.13. The Balaban J connectivity index is 2.70. The van der Waals surface area contributed by atoms with Crippen molar-refractivity contribution in [1.29, 1.82) is 5.26 Å². The van der Waals surface area contributed by atoms with Crippen molar-refractivity contribution in [3.8, 4) is 6.07 Å². The van der Waals surface area contributed by atoms with Gasteiger partial charge in [-0.15, -0.1) is 0 Å². The van der Waals surface area contributed by atoms with E-state index in [2.05, 4.69) is 10.1 Å². The summed E-state index contributed by atoms with van der Waals surface area (Å²) in [6, 6.07) is 4.28. The Morgan fingerprint density at radius 2 is 2.00 bits per heavy atom. The van der Waals surface area contributed by atoms with E-state index in [0.717, 1.165) is 12.1 Å². The molecule has 5 nitrogen and oxygen atoms in total. The van der Waals surface area contributed by atoms with Gasteiger partial charge in [-0.2, -0.15) is 5.26 Å². The van der Waals surface area contributed by atoms with Gasteiger partial charge in [-0.3, -0.25) is 4.79 Å². The van der Waals surface area contributed by atoms with Crippen LogP contribution in [0.4, 0.5) is 8.78 Å². The first kappa shape index (κ1) is 17.6. The van der Waals surface area contributed by atoms with Gasteiger partial charge in [-0.25, -0.2) is 13.6 Å². The zero-order chi connectivity index (χ0) is 16.5. The zero-order valence-corrected chi connectivity index (χ0v) is 12.1. The number of amides is 1. The van der Waals surface area contributed by atoms with Crippen LogP contribution in [0.2, 0.25) is 0 Å². The maximum absolute atomic E-state index is 13.5. The third kappa shape index (κ3) is 5.13. The van der Waals surface area contributed by atoms with Crippen LogP contribution in [0.1, 0.15) is 24.8 Å². The Hall–Kier alpha value is -2.49. The van der Waals surface area contributed by atoms with E-state index in [1.807, 2.05) is 6.07 Å². The molecule has 0 bridgehead atoms. The summed E-state index contributed by atoms with van der Waals surface area (Å²) in [6.07, 6.45) is 0.311. The highest BCUT2D eigenvalue weighted by atomic mass is 19.1. The molecule has 0 saturated carbocycles. The van der Waals surface area contributed by atoms with E-state index in [1.54, 1.807) is 0 Å². The molecule has 1 amide bonds. The van der Waals surface area contributed by atoms with Crippen molar-refractivity contribution in [2.24, 2.45) is 0 Å². The summed E-state index contributed by atoms with van der Waals surface area (Å²) in [5.41, 5.74) is -0.361. The summed E-state index contributed by atoms with van der Waals surface area (Å²) in [7, 11) is 1.17. The van der Waals surface area contributed by atoms with Gasteiger partial charge >= 0.3 is 5.97 Å². The summed E-state index contributed by atoms with van der Waals surface area (Å²) in [5.74, 6) is -3.01. The molecule has 1 N–H and O–H groups in total. The Kier molecular flexibility index (Phi) is 6.96. The van der Waals surface area contributed by atoms with Crippen molar-refractivity contribution in [1.82, 2.24) is 5.32 Å². The number of benzene rings is 1. The van der Waals surface area contributed by atoms with Crippen molar-refractivity contribution in [2.75, 3.05) is 7.11 Å². The summed E-state index contributed by atoms with van der Waals surface area (Å²) in [5, 5.41) is 10.8. The summed E-state index contributed by atoms with van der Waals surface area (Å²) in [6.45, 7) is 0. The van der Waals surface area contributed by atoms with Crippen LogP contribution < -0.4 is 5.32 Å². The SMILES string of the molecule is COC(=O)[C@@H](CCCC#N)NC(=O)Cc1c(F)cccc1F. The molecule has 0 aliphatic carbocycles. The molecule has 118 valence electrons. The van der Waals surface area contributed by atoms with E-state index >= 15 is 0 Å². The standard InChI is InChI=1S/C15H16F2N2O3/c1-22-15(21)13(7-2-3-8-18)19-14(20)9-10-11(16)5-4-6-12(10)17/h4-6,13H,2-3,7,9H2,1H3,(H,19,20)/t13-/m1/s1. The molecule has 1 rings (SSSR count). The molecule has 0 unspecified atom stereocenters. The van der Waals surface area contributed by atoms with Crippen LogP contribution in [0.25, 0.3) is 0 Å². The maximum Gasteiger partial charge on any atom is 0.328 e. The predicted molar refractivity (Wildman–Crippen MR) is 73.5 cm³/mol. The van der Waals surface area contributed by atoms with Gasteiger partial charge in [0.15, 0.2) is 0 Å². The molecule has 0 radical (unpaired) electrons. The number of carbonyl (C=O) groups excluding carboxylic acids is 2. The van der Waals surface area contributed by atoms with Gasteiger partial charge in [0.2, 0.25) is 5.91 Å². The first-order valence-corrected chi connectivity index (χ1v) is 6.66. The van der Waals surface area contributed by atoms with Crippen molar-refractivity contribution in [3.05, 3.63) is 35.4 Å². The van der Waals surface area contributed by atoms with Crippen LogP contribution in [-0.2, 0) is 20.7 Å². The number of methoxy groups -OCH3 is 1. The number of nitrogens with zero attached hydrogens (tertiary/aromatic N) is 1. The van der Waals surface area contributed by atoms with Crippen LogP contribution >= 0.6 is 0 Å². The normalized spacial score (nSPS) is 11.4. The van der Waals surface area contributed by atoms with Gasteiger partial charge in [0.25, 0.3) is 0 Å². The average Bonchev–Trinajstić information content (AvgIpc) is 2.49. The lowest BCUT2D eigenvalue weighted by atomic mass is 10.1. The van der Waals surface area contributed by atoms with Gasteiger partial charge in [0.1, 0.15) is 17.7 Å². The van der Waals surface area contributed by atoms with Gasteiger partial charge in [0.05, 0.1) is 19.6 Å². The second-order valence-electron chi connectivity index (χ2n) is 4.57. The molecule has 1 aromatic rings. The minimum absolute atomic E-state index is 0.214. The predicted octanol–water partition coefficient (Wildman–Crippen LogP) is 1.86. The third-order valence-corrected chi connectivity index (χ3v) is 3.00. The number of unbranched alkanes of at least 4 members (excludes halogenated alkanes) is 1. The lowest BCUT2D eigenvalue weighted by Gasteiger charge is -2.16. The Morgan fingerprint density at radius 3 is 2.55 bits per heavy atom. The molecule has 0 aliphatic heterocycles. The molecule has 0 heterocycles. The molecule has 0 aromatic heterocycles. The van der Waals surface area contributed by atoms with E-state index < -0.39 is 36.0 Å². The second-order valence-corrected chi connectivity index (χ2v) is 4.57. The van der Waals surface area contributed by atoms with Crippen LogP contribution in [0.5, 0.6) is 0 Å². The number of esters is 1. The average molecular weight is 310 g/mol. The monoisotopic (exact) mass is 310 g/mol. The first-order chi connectivity index (χ1) is 10.5. The lowest BCUT2D eigenvalue weighted by Crippen LogP contribution is -2.42. The molecule has 0 saturated heterocycles. The van der Waals surface area contributed by atoms with Crippen LogP contribution in [-0.4, -0.2) is 25.0 Å². The Morgan fingerprint density at radius 1 is 1.36 bits per heavy atom. The van der Waals surface area contributed by atoms with Crippen molar-refractivity contribution >= 4 is 11.9 Å². The number of nitriles is 1. The Labute approximate surface area is 126 Å². The van der Waals surface area contributed by atoms with Gasteiger partial charge in [-0.05, 0) is 25.0 Å². The summed E-state index contributed by atoms with van der Waals surface area (Å²) < 4.78 is 31.5. The smallest absolute Gasteiger partial charge is 0.328 e. The lowest BCUT2D eigenvalue weighted by molar-refractivity contribution is -0.145. The third-order valence-electron chi connectivity index (χ3n) is 3.00. The zero-order valence-electron chi connectivity index (χ0n) is 12.1. The highest BCUT2D eigenvalue weighted by molar-refractivity contribution is 5.85. The molecule has 0 aliphatic rings. The quantitative estimate of drug-likeness (QED) is 0.616. The molecule has 0 spiro atoms. The minimum Gasteiger partial charge on any atom is -0.467 e. The van der Waals surface area contributed by atoms with E-state index in [0.29, 0.717) is 6.42 Å². The highest BCUT2D eigenvalue weighted by Gasteiger charge is 2.22. The number of rotatable bonds is 7. The van der Waals surface area contributed by atoms with Gasteiger partial charge in [0, 0.05) is 12.0 Å². The van der Waals surface area contributed by atoms with E-state index in [-0.39, 0.29) is 18.4 Å². The van der Waals surface area contributed by atoms with E-state index in [4.69, 9.17) is 5.26 Å². The van der Waals surface area contributed by atoms with Crippen molar-refractivity contribution in [3.63, 3.8) is 0 Å². The fraction of sp³-hybridized carbons (Fsp3) is 0.400. The van der Waals surface area contributed by atoms with Gasteiger partial charge < -0.3 is 10.1 Å². The van der Waals surface area contributed by atoms with Crippen LogP contribution in [0.3, 0.4) is 0 Å². The summed E-state index contributed by atoms with van der Waals surface area (Å²) >= 11 is 0. The minimum atomic E-state index is -0.944. The topological polar surface area (TPSA) is 79.2 Å². The summed E-state index contributed by atoms with van der Waals surface area (Å²) in [4.78, 5) is 23.4. The number of hydrogen-bond donors (Lipinski definition) is 1. The molecule has 0 fully saturated rings. The van der Waals surface area contributed by atoms with Crippen molar-refractivity contribution < 1.29 is 23.1 Å². The molecule has 1 aromatic carbocycles. The molecule has 1 atom stereocenters. The second kappa shape index (κ2) is 8.72. The fourth-order valence-corrected chi connectivity index (χ4v) is 1.88. The number of hydrogen-bond acceptors (Lipinski definition) is 4. The molecule has 22 heavy (non-hydrogen) atoms. The van der Waals surface area contributed by atoms with E-state index in [1.165, 1.54) is 13.2 Å². The first-order valence-electron chi connectivity index (χ1n) is 6.66. The van der Waals surface area contributed by atoms with Crippen LogP contribution in [0.15, 0.2) is 18.2 Å². The molecular weight excluding hydrogens is 294 g/mol. The number of halogens is 2. The molecular formula is C15H16F2N2O3. The molecule has 7 heteroatoms. The van der Waals surface area contributed by atoms with Gasteiger partial charge in [-0.1, -0.05) is 6.07 Å². The fourth-order valence-electron chi connectivity index (χ4n) is 1.88. The van der Waals surface area contributed by atoms with E-state index in [9.17, 15) is 18.4 Å². The number of nitrogens with one attached hydrogen (secondary N) is 1.